The number of nitrogens with one attached hydrogen (secondary N) is 1. The van der Waals surface area contributed by atoms with Crippen molar-refractivity contribution in [1.82, 2.24) is 10.2 Å². The maximum atomic E-state index is 5.41. The predicted octanol–water partition coefficient (Wildman–Crippen LogP) is 0.0258. The van der Waals surface area contributed by atoms with E-state index in [0.29, 0.717) is 6.61 Å². The number of likely N-dealkylation sites (N-methyl/N-ethyl adjacent to an activating group) is 1. The van der Waals surface area contributed by atoms with E-state index in [-0.39, 0.29) is 0 Å². The molecule has 76 valence electrons. The summed E-state index contributed by atoms with van der Waals surface area (Å²) in [6.45, 7) is 3.89. The van der Waals surface area contributed by atoms with Crippen molar-refractivity contribution in [2.24, 2.45) is 0 Å². The van der Waals surface area contributed by atoms with Crippen LogP contribution in [0.4, 0.5) is 0 Å². The molecule has 1 heterocycles. The average Bonchev–Trinajstić information content (AvgIpc) is 2.14. The van der Waals surface area contributed by atoms with Crippen LogP contribution in [0.2, 0.25) is 0 Å². The Balaban J connectivity index is 2.01. The Morgan fingerprint density at radius 1 is 1.62 bits per heavy atom. The third kappa shape index (κ3) is 4.75. The number of nitrogens with zero attached hydrogens (tertiary/aromatic N) is 1. The average molecular weight is 186 g/mol. The lowest BCUT2D eigenvalue weighted by Gasteiger charge is -2.16. The molecular weight excluding hydrogens is 168 g/mol. The van der Waals surface area contributed by atoms with Crippen LogP contribution in [-0.4, -0.2) is 51.9 Å². The van der Waals surface area contributed by atoms with Gasteiger partial charge in [-0.25, -0.2) is 0 Å². The normalized spacial score (nSPS) is 16.4. The van der Waals surface area contributed by atoms with Crippen LogP contribution in [0.25, 0.3) is 0 Å². The molecule has 0 unspecified atom stereocenters. The topological polar surface area (TPSA) is 33.7 Å². The number of hydrogen-bond donors (Lipinski definition) is 1. The monoisotopic (exact) mass is 186 g/mol. The molecule has 0 aliphatic carbocycles. The molecule has 13 heavy (non-hydrogen) atoms. The molecule has 1 aliphatic rings. The van der Waals surface area contributed by atoms with E-state index in [1.807, 2.05) is 20.3 Å². The second-order valence-electron chi connectivity index (χ2n) is 3.27. The molecule has 0 bridgehead atoms. The van der Waals surface area contributed by atoms with E-state index in [2.05, 4.69) is 10.2 Å². The Hall–Kier alpha value is -0.740. The highest BCUT2D eigenvalue weighted by Crippen LogP contribution is 1.99. The maximum absolute atomic E-state index is 5.41. The third-order valence-corrected chi connectivity index (χ3v) is 1.72. The Morgan fingerprint density at radius 2 is 2.46 bits per heavy atom. The van der Waals surface area contributed by atoms with Crippen molar-refractivity contribution in [3.8, 4) is 0 Å². The predicted molar refractivity (Wildman–Crippen MR) is 51.4 cm³/mol. The SMILES string of the molecule is CN(C)CCOCC1=CNCCO1. The van der Waals surface area contributed by atoms with Gasteiger partial charge in [-0.05, 0) is 14.1 Å². The van der Waals surface area contributed by atoms with Crippen LogP contribution in [0.1, 0.15) is 0 Å². The Morgan fingerprint density at radius 3 is 3.08 bits per heavy atom. The molecule has 1 aliphatic heterocycles. The zero-order valence-corrected chi connectivity index (χ0v) is 8.38. The molecule has 0 aromatic carbocycles. The van der Waals surface area contributed by atoms with Gasteiger partial charge in [-0.3, -0.25) is 0 Å². The molecule has 0 radical (unpaired) electrons. The van der Waals surface area contributed by atoms with Crippen molar-refractivity contribution >= 4 is 0 Å². The molecule has 0 spiro atoms. The first-order chi connectivity index (χ1) is 6.29. The zero-order chi connectivity index (χ0) is 9.52. The van der Waals surface area contributed by atoms with Gasteiger partial charge in [0.2, 0.25) is 0 Å². The summed E-state index contributed by atoms with van der Waals surface area (Å²) in [7, 11) is 4.06. The van der Waals surface area contributed by atoms with Crippen molar-refractivity contribution in [2.45, 2.75) is 0 Å². The van der Waals surface area contributed by atoms with Crippen LogP contribution < -0.4 is 5.32 Å². The van der Waals surface area contributed by atoms with Gasteiger partial charge in [0.1, 0.15) is 19.0 Å². The minimum atomic E-state index is 0.570. The summed E-state index contributed by atoms with van der Waals surface area (Å²) in [5.74, 6) is 0.894. The molecule has 1 rings (SSSR count). The first-order valence-corrected chi connectivity index (χ1v) is 4.57. The molecule has 0 amide bonds. The molecule has 1 N–H and O–H groups in total. The highest BCUT2D eigenvalue weighted by Gasteiger charge is 2.02. The van der Waals surface area contributed by atoms with E-state index in [9.17, 15) is 0 Å². The van der Waals surface area contributed by atoms with Crippen LogP contribution in [0.15, 0.2) is 12.0 Å². The lowest BCUT2D eigenvalue weighted by atomic mass is 10.5. The van der Waals surface area contributed by atoms with Crippen molar-refractivity contribution < 1.29 is 9.47 Å². The molecule has 4 nitrogen and oxygen atoms in total. The number of rotatable bonds is 5. The third-order valence-electron chi connectivity index (χ3n) is 1.72. The molecule has 4 heteroatoms. The Bertz CT molecular complexity index is 169. The largest absolute Gasteiger partial charge is 0.492 e. The lowest BCUT2D eigenvalue weighted by Crippen LogP contribution is -2.23. The van der Waals surface area contributed by atoms with Gasteiger partial charge < -0.3 is 19.7 Å². The molecule has 0 aromatic rings. The van der Waals surface area contributed by atoms with Gasteiger partial charge in [0.25, 0.3) is 0 Å². The van der Waals surface area contributed by atoms with Gasteiger partial charge >= 0.3 is 0 Å². The minimum Gasteiger partial charge on any atom is -0.492 e. The fourth-order valence-electron chi connectivity index (χ4n) is 0.972. The first-order valence-electron chi connectivity index (χ1n) is 4.57. The fourth-order valence-corrected chi connectivity index (χ4v) is 0.972. The van der Waals surface area contributed by atoms with Gasteiger partial charge in [-0.1, -0.05) is 0 Å². The van der Waals surface area contributed by atoms with E-state index in [4.69, 9.17) is 9.47 Å². The highest BCUT2D eigenvalue weighted by molar-refractivity contribution is 4.94. The summed E-state index contributed by atoms with van der Waals surface area (Å²) in [4.78, 5) is 2.09. The summed E-state index contributed by atoms with van der Waals surface area (Å²) in [6, 6.07) is 0. The summed E-state index contributed by atoms with van der Waals surface area (Å²) >= 11 is 0. The summed E-state index contributed by atoms with van der Waals surface area (Å²) in [5, 5.41) is 3.11. The first kappa shape index (κ1) is 10.3. The molecular formula is C9H18N2O2. The van der Waals surface area contributed by atoms with E-state index in [0.717, 1.165) is 32.1 Å². The fraction of sp³-hybridized carbons (Fsp3) is 0.778. The molecule has 0 atom stereocenters. The van der Waals surface area contributed by atoms with Crippen molar-refractivity contribution in [3.05, 3.63) is 12.0 Å². The standard InChI is InChI=1S/C9H18N2O2/c1-11(2)4-6-12-8-9-7-10-3-5-13-9/h7,10H,3-6,8H2,1-2H3. The van der Waals surface area contributed by atoms with Crippen LogP contribution in [-0.2, 0) is 9.47 Å². The van der Waals surface area contributed by atoms with Gasteiger partial charge in [0.15, 0.2) is 0 Å². The van der Waals surface area contributed by atoms with Gasteiger partial charge in [-0.15, -0.1) is 0 Å². The Labute approximate surface area is 79.5 Å². The summed E-state index contributed by atoms with van der Waals surface area (Å²) < 4.78 is 10.8. The summed E-state index contributed by atoms with van der Waals surface area (Å²) in [5.41, 5.74) is 0. The zero-order valence-electron chi connectivity index (χ0n) is 8.38. The van der Waals surface area contributed by atoms with Crippen molar-refractivity contribution in [1.29, 1.82) is 0 Å². The number of ether oxygens (including phenoxy) is 2. The minimum absolute atomic E-state index is 0.570. The number of hydrogen-bond acceptors (Lipinski definition) is 4. The summed E-state index contributed by atoms with van der Waals surface area (Å²) in [6.07, 6.45) is 1.87. The van der Waals surface area contributed by atoms with E-state index in [1.54, 1.807) is 0 Å². The van der Waals surface area contributed by atoms with Crippen LogP contribution in [0.5, 0.6) is 0 Å². The van der Waals surface area contributed by atoms with E-state index < -0.39 is 0 Å². The molecule has 0 aromatic heterocycles. The second-order valence-corrected chi connectivity index (χ2v) is 3.27. The Kier molecular flexibility index (Phi) is 4.64. The second kappa shape index (κ2) is 5.83. The smallest absolute Gasteiger partial charge is 0.137 e. The highest BCUT2D eigenvalue weighted by atomic mass is 16.5. The maximum Gasteiger partial charge on any atom is 0.137 e. The van der Waals surface area contributed by atoms with Crippen molar-refractivity contribution in [2.75, 3.05) is 47.0 Å². The van der Waals surface area contributed by atoms with Crippen LogP contribution in [0.3, 0.4) is 0 Å². The quantitative estimate of drug-likeness (QED) is 0.614. The van der Waals surface area contributed by atoms with Crippen LogP contribution in [0, 0.1) is 0 Å². The molecule has 0 saturated carbocycles. The van der Waals surface area contributed by atoms with Gasteiger partial charge in [0.05, 0.1) is 6.61 Å². The van der Waals surface area contributed by atoms with Crippen LogP contribution >= 0.6 is 0 Å². The van der Waals surface area contributed by atoms with E-state index >= 15 is 0 Å². The van der Waals surface area contributed by atoms with Gasteiger partial charge in [0, 0.05) is 19.3 Å². The van der Waals surface area contributed by atoms with Gasteiger partial charge in [-0.2, -0.15) is 0 Å². The lowest BCUT2D eigenvalue weighted by molar-refractivity contribution is 0.0833. The molecule has 0 fully saturated rings. The van der Waals surface area contributed by atoms with E-state index in [1.165, 1.54) is 0 Å². The van der Waals surface area contributed by atoms with Crippen molar-refractivity contribution in [3.63, 3.8) is 0 Å². The molecule has 0 saturated heterocycles.